The molecule has 5 atom stereocenters. The van der Waals surface area contributed by atoms with E-state index in [9.17, 15) is 38.4 Å². The van der Waals surface area contributed by atoms with Crippen molar-refractivity contribution in [2.75, 3.05) is 52.7 Å². The Hall–Kier alpha value is -6.74. The number of hydrogen-bond acceptors (Lipinski definition) is 15. The summed E-state index contributed by atoms with van der Waals surface area (Å²) >= 11 is 0. The van der Waals surface area contributed by atoms with Gasteiger partial charge >= 0.3 is 5.97 Å². The topological polar surface area (TPSA) is 305 Å². The highest BCUT2D eigenvalue weighted by Gasteiger charge is 2.37. The van der Waals surface area contributed by atoms with Gasteiger partial charge in [-0.05, 0) is 87.4 Å². The van der Waals surface area contributed by atoms with Crippen LogP contribution in [0.2, 0.25) is 0 Å². The Balaban J connectivity index is 0.000000351. The number of likely N-dealkylation sites (N-methyl/N-ethyl adjacent to an activating group) is 1. The zero-order valence-electron chi connectivity index (χ0n) is 40.8. The first-order valence-electron chi connectivity index (χ1n) is 23.0. The lowest BCUT2D eigenvalue weighted by Gasteiger charge is -2.29. The summed E-state index contributed by atoms with van der Waals surface area (Å²) in [5.74, 6) is -2.36. The number of carbonyl (C=O) groups is 8. The number of cyclic esters (lactones) is 1. The highest BCUT2D eigenvalue weighted by Crippen LogP contribution is 2.46. The number of halogens is 1. The summed E-state index contributed by atoms with van der Waals surface area (Å²) in [6, 6.07) is 2.90. The van der Waals surface area contributed by atoms with Gasteiger partial charge in [0.05, 0.1) is 48.1 Å². The maximum atomic E-state index is 15.0. The summed E-state index contributed by atoms with van der Waals surface area (Å²) in [7, 11) is 4.44. The molecule has 1 aliphatic carbocycles. The second kappa shape index (κ2) is 29.4. The quantitative estimate of drug-likeness (QED) is 0.0179. The molecule has 3 aliphatic heterocycles. The number of esters is 1. The zero-order chi connectivity index (χ0) is 52.8. The Bertz CT molecular complexity index is 2500. The first-order chi connectivity index (χ1) is 34.1. The van der Waals surface area contributed by atoms with Crippen molar-refractivity contribution >= 4 is 68.8 Å². The lowest BCUT2D eigenvalue weighted by Crippen LogP contribution is -2.46. The number of imide groups is 1. The molecular formula is C48H66FN10O11P. The van der Waals surface area contributed by atoms with Crippen molar-refractivity contribution in [2.24, 2.45) is 11.5 Å². The van der Waals surface area contributed by atoms with Crippen LogP contribution in [0.25, 0.3) is 22.3 Å². The van der Waals surface area contributed by atoms with E-state index in [0.29, 0.717) is 98.2 Å². The fraction of sp³-hybridized carbons (Fsp3) is 0.458. The Kier molecular flexibility index (Phi) is 24.3. The SMILES string of the molecule is C=CN.CCC1C(=O)OCc2c1cc1n(c2=O)Cc2c-1nc1cc(F)c(C)c3c1c2C(COCNC(=O)CNC=O)CC3.CCNCC(C=O)N1C(=O)C=CC1=O.CNCCC(=O)NC(C)CP.NC=O. The number of rotatable bonds is 18. The smallest absolute Gasteiger partial charge is 0.313 e. The van der Waals surface area contributed by atoms with Crippen LogP contribution in [-0.4, -0.2) is 128 Å². The first-order valence-corrected chi connectivity index (χ1v) is 23.8. The van der Waals surface area contributed by atoms with E-state index >= 15 is 4.39 Å². The molecule has 9 N–H and O–H groups in total. The van der Waals surface area contributed by atoms with Gasteiger partial charge in [-0.25, -0.2) is 9.37 Å². The zero-order valence-corrected chi connectivity index (χ0v) is 41.9. The van der Waals surface area contributed by atoms with Crippen LogP contribution < -0.4 is 43.6 Å². The van der Waals surface area contributed by atoms with Crippen LogP contribution in [0.5, 0.6) is 0 Å². The number of aromatic nitrogens is 2. The number of aryl methyl sites for hydroxylation is 1. The van der Waals surface area contributed by atoms with E-state index in [2.05, 4.69) is 53.9 Å². The Labute approximate surface area is 413 Å². The molecule has 0 bridgehead atoms. The van der Waals surface area contributed by atoms with Gasteiger partial charge in [0.1, 0.15) is 31.5 Å². The number of fused-ring (bicyclic) bond motifs is 5. The van der Waals surface area contributed by atoms with Gasteiger partial charge in [0.2, 0.25) is 24.6 Å². The fourth-order valence-corrected chi connectivity index (χ4v) is 8.36. The van der Waals surface area contributed by atoms with Gasteiger partial charge in [0, 0.05) is 60.6 Å². The second-order valence-corrected chi connectivity index (χ2v) is 16.8. The number of carbonyl (C=O) groups excluding carboxylic acids is 8. The van der Waals surface area contributed by atoms with Crippen molar-refractivity contribution in [1.29, 1.82) is 0 Å². The number of nitrogens with two attached hydrogens (primary N) is 2. The monoisotopic (exact) mass is 1010 g/mol. The molecule has 71 heavy (non-hydrogen) atoms. The number of pyridine rings is 2. The van der Waals surface area contributed by atoms with Crippen LogP contribution >= 0.6 is 9.24 Å². The molecule has 23 heteroatoms. The molecule has 386 valence electrons. The van der Waals surface area contributed by atoms with Crippen LogP contribution in [0, 0.1) is 12.7 Å². The Morgan fingerprint density at radius 3 is 2.34 bits per heavy atom. The average molecular weight is 1010 g/mol. The predicted octanol–water partition coefficient (Wildman–Crippen LogP) is 0.543. The number of ether oxygens (including phenoxy) is 2. The summed E-state index contributed by atoms with van der Waals surface area (Å²) in [5, 5.41) is 14.5. The molecule has 0 radical (unpaired) electrons. The number of benzene rings is 1. The second-order valence-electron chi connectivity index (χ2n) is 16.3. The van der Waals surface area contributed by atoms with Crippen molar-refractivity contribution in [1.82, 2.24) is 41.0 Å². The van der Waals surface area contributed by atoms with Crippen LogP contribution in [0.3, 0.4) is 0 Å². The number of nitrogens with zero attached hydrogens (tertiary/aromatic N) is 3. The van der Waals surface area contributed by atoms with E-state index in [1.807, 2.05) is 33.9 Å². The summed E-state index contributed by atoms with van der Waals surface area (Å²) in [6.45, 7) is 12.8. The van der Waals surface area contributed by atoms with E-state index in [4.69, 9.17) is 19.3 Å². The van der Waals surface area contributed by atoms with Crippen LogP contribution in [0.4, 0.5) is 4.39 Å². The Morgan fingerprint density at radius 1 is 1.07 bits per heavy atom. The van der Waals surface area contributed by atoms with Gasteiger partial charge in [-0.1, -0.05) is 20.4 Å². The van der Waals surface area contributed by atoms with E-state index < -0.39 is 23.8 Å². The van der Waals surface area contributed by atoms with E-state index in [1.54, 1.807) is 11.5 Å². The number of aldehydes is 1. The van der Waals surface area contributed by atoms with Crippen molar-refractivity contribution in [3.8, 4) is 11.4 Å². The minimum atomic E-state index is -0.704. The van der Waals surface area contributed by atoms with Gasteiger partial charge in [0.15, 0.2) is 0 Å². The molecule has 0 saturated heterocycles. The van der Waals surface area contributed by atoms with Crippen LogP contribution in [0.15, 0.2) is 41.9 Å². The molecule has 7 rings (SSSR count). The van der Waals surface area contributed by atoms with Crippen molar-refractivity contribution < 1.29 is 52.2 Å². The van der Waals surface area contributed by atoms with Crippen LogP contribution in [0.1, 0.15) is 85.3 Å². The number of nitrogens with one attached hydrogen (secondary N) is 5. The largest absolute Gasteiger partial charge is 0.460 e. The van der Waals surface area contributed by atoms with Crippen molar-refractivity contribution in [2.45, 2.75) is 90.4 Å². The predicted molar refractivity (Wildman–Crippen MR) is 267 cm³/mol. The lowest BCUT2D eigenvalue weighted by atomic mass is 9.78. The standard InChI is InChI=1S/C29H29FN4O6.C9H12N2O3.C7H17N2OP.C2H5N.CH3NO/c1-3-16-18-6-23-27-19(9-34(23)28(37)20(18)11-40-29(16)38)25-15(10-39-13-32-24(36)8-31-12-35)4-5-17-14(2)21(30)7-22(33-27)26(17)25;1-2-10-5-7(6-12)11-8(13)3-4-9(11)14;1-6(5-11)9-7(10)3-4-8-2;1-2-3;2-1-3/h6-7,12,15-16H,3-5,8-11,13H2,1-2H3,(H,31,35)(H,32,36);3-4,6-7,10H,2,5H2,1H3;6,8H,3-5,11H2,1-2H3,(H,9,10);2H,1,3H2;1H,(H2,2,3). The molecule has 21 nitrogen and oxygen atoms in total. The molecule has 5 heterocycles. The molecule has 1 aromatic carbocycles. The third-order valence-electron chi connectivity index (χ3n) is 11.7. The molecular weight excluding hydrogens is 943 g/mol. The maximum Gasteiger partial charge on any atom is 0.313 e. The molecule has 5 unspecified atom stereocenters. The number of amides is 6. The third-order valence-corrected chi connectivity index (χ3v) is 12.4. The third kappa shape index (κ3) is 15.1. The van der Waals surface area contributed by atoms with Gasteiger partial charge in [-0.3, -0.25) is 43.3 Å². The van der Waals surface area contributed by atoms with E-state index in [0.717, 1.165) is 39.7 Å². The van der Waals surface area contributed by atoms with E-state index in [1.165, 1.54) is 24.4 Å². The average Bonchev–Trinajstić information content (AvgIpc) is 3.89. The van der Waals surface area contributed by atoms with Gasteiger partial charge in [-0.2, -0.15) is 0 Å². The van der Waals surface area contributed by atoms with Crippen molar-refractivity contribution in [3.63, 3.8) is 0 Å². The number of primary amides is 1. The fourth-order valence-electron chi connectivity index (χ4n) is 8.24. The molecule has 6 amide bonds. The molecule has 4 aliphatic rings. The van der Waals surface area contributed by atoms with Gasteiger partial charge in [0.25, 0.3) is 17.4 Å². The maximum absolute atomic E-state index is 15.0. The Morgan fingerprint density at radius 2 is 1.75 bits per heavy atom. The lowest BCUT2D eigenvalue weighted by molar-refractivity contribution is -0.148. The summed E-state index contributed by atoms with van der Waals surface area (Å²) in [6.07, 6.45) is 8.22. The normalized spacial score (nSPS) is 16.2. The highest BCUT2D eigenvalue weighted by molar-refractivity contribution is 7.16. The van der Waals surface area contributed by atoms with Gasteiger partial charge < -0.3 is 56.9 Å². The minimum Gasteiger partial charge on any atom is -0.460 e. The molecule has 0 saturated carbocycles. The van der Waals surface area contributed by atoms with Crippen LogP contribution in [-0.2, 0) is 67.4 Å². The highest BCUT2D eigenvalue weighted by atomic mass is 31.0. The molecule has 0 fully saturated rings. The van der Waals surface area contributed by atoms with Crippen molar-refractivity contribution in [3.05, 3.63) is 86.6 Å². The summed E-state index contributed by atoms with van der Waals surface area (Å²) < 4.78 is 27.8. The summed E-state index contributed by atoms with van der Waals surface area (Å²) in [4.78, 5) is 107. The molecule has 3 aromatic rings. The van der Waals surface area contributed by atoms with Gasteiger partial charge in [-0.15, -0.1) is 9.24 Å². The first kappa shape index (κ1) is 58.6. The minimum absolute atomic E-state index is 0.0274. The van der Waals surface area contributed by atoms with E-state index in [-0.39, 0.29) is 67.4 Å². The molecule has 0 spiro atoms. The molecule has 2 aromatic heterocycles. The summed E-state index contributed by atoms with van der Waals surface area (Å²) in [5.41, 5.74) is 14.9. The number of hydrogen-bond donors (Lipinski definition) is 7.